The molecule has 3 N–H and O–H groups in total. The van der Waals surface area contributed by atoms with Crippen molar-refractivity contribution in [1.82, 2.24) is 9.97 Å². The van der Waals surface area contributed by atoms with Gasteiger partial charge in [0.25, 0.3) is 0 Å². The molecule has 0 bridgehead atoms. The summed E-state index contributed by atoms with van der Waals surface area (Å²) in [6.07, 6.45) is 1.22. The Labute approximate surface area is 171 Å². The maximum atomic E-state index is 11.7. The van der Waals surface area contributed by atoms with Gasteiger partial charge in [-0.25, -0.2) is 9.97 Å². The van der Waals surface area contributed by atoms with Gasteiger partial charge in [0.15, 0.2) is 0 Å². The molecule has 0 atom stereocenters. The molecule has 10 heteroatoms. The van der Waals surface area contributed by atoms with Gasteiger partial charge in [-0.15, -0.1) is 0 Å². The number of carbonyl (C=O) groups is 1. The fraction of sp³-hybridized carbons (Fsp3) is 0.105. The summed E-state index contributed by atoms with van der Waals surface area (Å²) in [6.45, 7) is 3.27. The zero-order valence-corrected chi connectivity index (χ0v) is 16.3. The lowest BCUT2D eigenvalue weighted by molar-refractivity contribution is -0.383. The summed E-state index contributed by atoms with van der Waals surface area (Å²) >= 11 is 6.12. The quantitative estimate of drug-likeness (QED) is 0.392. The van der Waals surface area contributed by atoms with Crippen LogP contribution in [0.5, 0.6) is 0 Å². The molecule has 0 spiro atoms. The molecular formula is C19H17ClN6O3. The Morgan fingerprint density at radius 3 is 2.10 bits per heavy atom. The van der Waals surface area contributed by atoms with Crippen LogP contribution in [-0.2, 0) is 4.79 Å². The van der Waals surface area contributed by atoms with Gasteiger partial charge in [0.05, 0.1) is 4.92 Å². The minimum atomic E-state index is -0.563. The van der Waals surface area contributed by atoms with Crippen LogP contribution in [-0.4, -0.2) is 20.8 Å². The number of anilines is 5. The normalized spacial score (nSPS) is 10.3. The van der Waals surface area contributed by atoms with Gasteiger partial charge in [0, 0.05) is 29.0 Å². The maximum absolute atomic E-state index is 11.7. The number of aryl methyl sites for hydroxylation is 1. The number of nitrogens with one attached hydrogen (secondary N) is 3. The standard InChI is InChI=1S/C19H17ClN6O3/c1-11-3-4-15(9-16(11)20)25-19-17(26(28)29)18(21-10-22-19)24-14-7-5-13(6-8-14)23-12(2)27/h3-10H,1-2H3,(H,23,27)(H2,21,22,24,25). The highest BCUT2D eigenvalue weighted by molar-refractivity contribution is 6.31. The molecule has 0 aliphatic rings. The summed E-state index contributed by atoms with van der Waals surface area (Å²) in [5, 5.41) is 20.7. The lowest BCUT2D eigenvalue weighted by Gasteiger charge is -2.11. The van der Waals surface area contributed by atoms with Gasteiger partial charge in [-0.2, -0.15) is 0 Å². The van der Waals surface area contributed by atoms with Gasteiger partial charge in [-0.3, -0.25) is 14.9 Å². The first-order valence-corrected chi connectivity index (χ1v) is 8.88. The number of hydrogen-bond acceptors (Lipinski definition) is 7. The number of nitrogens with zero attached hydrogens (tertiary/aromatic N) is 3. The van der Waals surface area contributed by atoms with Crippen molar-refractivity contribution in [2.24, 2.45) is 0 Å². The predicted octanol–water partition coefficient (Wildman–Crippen LogP) is 4.79. The van der Waals surface area contributed by atoms with Crippen LogP contribution < -0.4 is 16.0 Å². The second-order valence-corrected chi connectivity index (χ2v) is 6.56. The van der Waals surface area contributed by atoms with E-state index in [0.717, 1.165) is 5.56 Å². The first kappa shape index (κ1) is 20.0. The molecule has 0 saturated carbocycles. The average Bonchev–Trinajstić information content (AvgIpc) is 2.66. The lowest BCUT2D eigenvalue weighted by Crippen LogP contribution is -2.06. The highest BCUT2D eigenvalue weighted by Gasteiger charge is 2.23. The fourth-order valence-corrected chi connectivity index (χ4v) is 2.70. The molecule has 3 aromatic rings. The number of nitro groups is 1. The van der Waals surface area contributed by atoms with Gasteiger partial charge in [0.2, 0.25) is 17.5 Å². The lowest BCUT2D eigenvalue weighted by atomic mass is 10.2. The van der Waals surface area contributed by atoms with Gasteiger partial charge in [0.1, 0.15) is 6.33 Å². The predicted molar refractivity (Wildman–Crippen MR) is 112 cm³/mol. The molecule has 1 heterocycles. The zero-order valence-electron chi connectivity index (χ0n) is 15.6. The van der Waals surface area contributed by atoms with Gasteiger partial charge >= 0.3 is 5.69 Å². The molecule has 0 aliphatic carbocycles. The van der Waals surface area contributed by atoms with Crippen LogP contribution in [0.25, 0.3) is 0 Å². The number of amides is 1. The third-order valence-corrected chi connectivity index (χ3v) is 4.31. The molecule has 29 heavy (non-hydrogen) atoms. The molecule has 0 saturated heterocycles. The van der Waals surface area contributed by atoms with E-state index in [2.05, 4.69) is 25.9 Å². The topological polar surface area (TPSA) is 122 Å². The Hall–Kier alpha value is -3.72. The fourth-order valence-electron chi connectivity index (χ4n) is 2.52. The summed E-state index contributed by atoms with van der Waals surface area (Å²) in [6, 6.07) is 11.9. The van der Waals surface area contributed by atoms with Crippen molar-refractivity contribution in [2.45, 2.75) is 13.8 Å². The monoisotopic (exact) mass is 412 g/mol. The maximum Gasteiger partial charge on any atom is 0.353 e. The molecule has 0 radical (unpaired) electrons. The Kier molecular flexibility index (Phi) is 5.89. The number of rotatable bonds is 6. The van der Waals surface area contributed by atoms with Crippen molar-refractivity contribution >= 4 is 51.9 Å². The van der Waals surface area contributed by atoms with Gasteiger partial charge in [-0.05, 0) is 48.9 Å². The third-order valence-electron chi connectivity index (χ3n) is 3.91. The molecule has 0 fully saturated rings. The van der Waals surface area contributed by atoms with Crippen molar-refractivity contribution in [3.8, 4) is 0 Å². The SMILES string of the molecule is CC(=O)Nc1ccc(Nc2ncnc(Nc3ccc(C)c(Cl)c3)c2[N+](=O)[O-])cc1. The van der Waals surface area contributed by atoms with E-state index in [1.165, 1.54) is 13.3 Å². The van der Waals surface area contributed by atoms with Crippen LogP contribution in [0, 0.1) is 17.0 Å². The van der Waals surface area contributed by atoms with Gasteiger partial charge < -0.3 is 16.0 Å². The minimum Gasteiger partial charge on any atom is -0.334 e. The molecule has 9 nitrogen and oxygen atoms in total. The zero-order chi connectivity index (χ0) is 21.0. The molecular weight excluding hydrogens is 396 g/mol. The Bertz CT molecular complexity index is 1070. The van der Waals surface area contributed by atoms with Crippen LogP contribution in [0.4, 0.5) is 34.4 Å². The molecule has 3 rings (SSSR count). The molecule has 1 amide bonds. The molecule has 1 aromatic heterocycles. The Morgan fingerprint density at radius 1 is 1.00 bits per heavy atom. The second kappa shape index (κ2) is 8.53. The van der Waals surface area contributed by atoms with Gasteiger partial charge in [-0.1, -0.05) is 17.7 Å². The van der Waals surface area contributed by atoms with Crippen molar-refractivity contribution < 1.29 is 9.72 Å². The van der Waals surface area contributed by atoms with E-state index >= 15 is 0 Å². The van der Waals surface area contributed by atoms with Crippen LogP contribution in [0.15, 0.2) is 48.8 Å². The number of carbonyl (C=O) groups excluding carboxylic acids is 1. The number of aromatic nitrogens is 2. The van der Waals surface area contributed by atoms with Crippen LogP contribution in [0.3, 0.4) is 0 Å². The highest BCUT2D eigenvalue weighted by atomic mass is 35.5. The molecule has 2 aromatic carbocycles. The number of benzene rings is 2. The third kappa shape index (κ3) is 4.96. The Morgan fingerprint density at radius 2 is 1.55 bits per heavy atom. The van der Waals surface area contributed by atoms with Crippen LogP contribution in [0.2, 0.25) is 5.02 Å². The van der Waals surface area contributed by atoms with E-state index in [9.17, 15) is 14.9 Å². The van der Waals surface area contributed by atoms with Crippen LogP contribution >= 0.6 is 11.6 Å². The molecule has 148 valence electrons. The molecule has 0 aliphatic heterocycles. The second-order valence-electron chi connectivity index (χ2n) is 6.15. The average molecular weight is 413 g/mol. The number of halogens is 1. The minimum absolute atomic E-state index is 0.0259. The first-order valence-electron chi connectivity index (χ1n) is 8.50. The summed E-state index contributed by atoms with van der Waals surface area (Å²) < 4.78 is 0. The van der Waals surface area contributed by atoms with E-state index in [1.54, 1.807) is 42.5 Å². The highest BCUT2D eigenvalue weighted by Crippen LogP contribution is 2.33. The van der Waals surface area contributed by atoms with Crippen molar-refractivity contribution in [2.75, 3.05) is 16.0 Å². The van der Waals surface area contributed by atoms with Crippen LogP contribution in [0.1, 0.15) is 12.5 Å². The summed E-state index contributed by atoms with van der Waals surface area (Å²) in [7, 11) is 0. The largest absolute Gasteiger partial charge is 0.353 e. The van der Waals surface area contributed by atoms with E-state index in [0.29, 0.717) is 22.1 Å². The van der Waals surface area contributed by atoms with Crippen molar-refractivity contribution in [1.29, 1.82) is 0 Å². The van der Waals surface area contributed by atoms with E-state index in [4.69, 9.17) is 11.6 Å². The smallest absolute Gasteiger partial charge is 0.334 e. The number of hydrogen-bond donors (Lipinski definition) is 3. The summed E-state index contributed by atoms with van der Waals surface area (Å²) in [5.74, 6) is -0.135. The summed E-state index contributed by atoms with van der Waals surface area (Å²) in [4.78, 5) is 30.2. The summed E-state index contributed by atoms with van der Waals surface area (Å²) in [5.41, 5.74) is 2.31. The van der Waals surface area contributed by atoms with E-state index in [1.807, 2.05) is 6.92 Å². The van der Waals surface area contributed by atoms with Crippen molar-refractivity contribution in [3.63, 3.8) is 0 Å². The molecule has 0 unspecified atom stereocenters. The van der Waals surface area contributed by atoms with E-state index < -0.39 is 4.92 Å². The van der Waals surface area contributed by atoms with Crippen molar-refractivity contribution in [3.05, 3.63) is 69.5 Å². The Balaban J connectivity index is 1.89. The van der Waals surface area contributed by atoms with E-state index in [-0.39, 0.29) is 23.2 Å². The first-order chi connectivity index (χ1) is 13.8.